The van der Waals surface area contributed by atoms with E-state index in [1.54, 1.807) is 0 Å². The molecule has 1 unspecified atom stereocenters. The quantitative estimate of drug-likeness (QED) is 0.914. The summed E-state index contributed by atoms with van der Waals surface area (Å²) in [5.74, 6) is 1.15. The van der Waals surface area contributed by atoms with Gasteiger partial charge in [0.1, 0.15) is 5.75 Å². The number of nitrogens with one attached hydrogen (secondary N) is 1. The zero-order chi connectivity index (χ0) is 13.5. The highest BCUT2D eigenvalue weighted by atomic mass is 79.9. The van der Waals surface area contributed by atoms with Crippen molar-refractivity contribution in [2.75, 3.05) is 19.7 Å². The van der Waals surface area contributed by atoms with Crippen molar-refractivity contribution >= 4 is 15.9 Å². The van der Waals surface area contributed by atoms with Crippen molar-refractivity contribution in [3.8, 4) is 5.75 Å². The first-order valence-corrected chi connectivity index (χ1v) is 8.50. The van der Waals surface area contributed by atoms with Gasteiger partial charge in [-0.1, -0.05) is 15.9 Å². The molecule has 2 fully saturated rings. The van der Waals surface area contributed by atoms with E-state index in [2.05, 4.69) is 38.3 Å². The van der Waals surface area contributed by atoms with Gasteiger partial charge >= 0.3 is 0 Å². The Bertz CT molecular complexity index is 515. The summed E-state index contributed by atoms with van der Waals surface area (Å²) >= 11 is 3.63. The molecule has 0 bridgehead atoms. The van der Waals surface area contributed by atoms with E-state index in [4.69, 9.17) is 4.74 Å². The number of hydrogen-bond acceptors (Lipinski definition) is 3. The molecule has 1 aromatic rings. The lowest BCUT2D eigenvalue weighted by molar-refractivity contribution is 0.305. The normalized spacial score (nSPS) is 25.8. The van der Waals surface area contributed by atoms with E-state index in [0.29, 0.717) is 6.04 Å². The third-order valence-corrected chi connectivity index (χ3v) is 5.00. The Morgan fingerprint density at radius 1 is 1.25 bits per heavy atom. The van der Waals surface area contributed by atoms with Crippen molar-refractivity contribution in [1.82, 2.24) is 10.2 Å². The van der Waals surface area contributed by atoms with Crippen LogP contribution < -0.4 is 10.1 Å². The van der Waals surface area contributed by atoms with Gasteiger partial charge in [-0.05, 0) is 37.0 Å². The lowest BCUT2D eigenvalue weighted by atomic mass is 10.1. The van der Waals surface area contributed by atoms with Crippen molar-refractivity contribution in [3.63, 3.8) is 0 Å². The van der Waals surface area contributed by atoms with Crippen LogP contribution >= 0.6 is 15.9 Å². The highest BCUT2D eigenvalue weighted by molar-refractivity contribution is 9.10. The average Bonchev–Trinajstić information content (AvgIpc) is 2.92. The molecule has 1 saturated carbocycles. The molecule has 1 aliphatic carbocycles. The summed E-state index contributed by atoms with van der Waals surface area (Å²) in [7, 11) is 0. The minimum atomic E-state index is 0.698. The SMILES string of the molecule is Brc1cc2c(c(CN3CCC(NC4CC4)C3)c1)OCC2. The Labute approximate surface area is 128 Å². The van der Waals surface area contributed by atoms with Gasteiger partial charge in [0.05, 0.1) is 6.61 Å². The van der Waals surface area contributed by atoms with E-state index in [1.165, 1.54) is 48.0 Å². The van der Waals surface area contributed by atoms with Crippen LogP contribution in [0.2, 0.25) is 0 Å². The van der Waals surface area contributed by atoms with Crippen LogP contribution in [0, 0.1) is 0 Å². The number of rotatable bonds is 4. The fraction of sp³-hybridized carbons (Fsp3) is 0.625. The van der Waals surface area contributed by atoms with Crippen LogP contribution in [0.4, 0.5) is 0 Å². The average molecular weight is 337 g/mol. The molecular weight excluding hydrogens is 316 g/mol. The standard InChI is InChI=1S/C16H21BrN2O/c17-13-7-11-4-6-20-16(11)12(8-13)9-19-5-3-15(10-19)18-14-1-2-14/h7-8,14-15,18H,1-6,9-10H2. The first-order chi connectivity index (χ1) is 9.78. The van der Waals surface area contributed by atoms with Crippen LogP contribution in [-0.2, 0) is 13.0 Å². The van der Waals surface area contributed by atoms with Crippen LogP contribution in [-0.4, -0.2) is 36.7 Å². The molecule has 2 heterocycles. The summed E-state index contributed by atoms with van der Waals surface area (Å²) in [4.78, 5) is 2.56. The number of nitrogens with zero attached hydrogens (tertiary/aromatic N) is 1. The molecule has 2 aliphatic heterocycles. The minimum Gasteiger partial charge on any atom is -0.493 e. The maximum absolute atomic E-state index is 5.83. The number of hydrogen-bond donors (Lipinski definition) is 1. The highest BCUT2D eigenvalue weighted by Crippen LogP contribution is 2.34. The van der Waals surface area contributed by atoms with E-state index in [9.17, 15) is 0 Å². The molecule has 3 nitrogen and oxygen atoms in total. The van der Waals surface area contributed by atoms with Gasteiger partial charge < -0.3 is 10.1 Å². The van der Waals surface area contributed by atoms with Crippen LogP contribution in [0.3, 0.4) is 0 Å². The summed E-state index contributed by atoms with van der Waals surface area (Å²) in [6.45, 7) is 4.23. The third-order valence-electron chi connectivity index (χ3n) is 4.54. The number of ether oxygens (including phenoxy) is 1. The molecule has 0 spiro atoms. The van der Waals surface area contributed by atoms with Crippen LogP contribution in [0.25, 0.3) is 0 Å². The van der Waals surface area contributed by atoms with Gasteiger partial charge in [0.2, 0.25) is 0 Å². The molecule has 4 rings (SSSR count). The highest BCUT2D eigenvalue weighted by Gasteiger charge is 2.29. The maximum atomic E-state index is 5.83. The Balaban J connectivity index is 1.44. The monoisotopic (exact) mass is 336 g/mol. The van der Waals surface area contributed by atoms with E-state index in [0.717, 1.165) is 31.4 Å². The second-order valence-electron chi connectivity index (χ2n) is 6.31. The number of likely N-dealkylation sites (tertiary alicyclic amines) is 1. The van der Waals surface area contributed by atoms with E-state index < -0.39 is 0 Å². The molecule has 0 aromatic heterocycles. The second kappa shape index (κ2) is 5.32. The first-order valence-electron chi connectivity index (χ1n) is 7.70. The molecule has 3 aliphatic rings. The van der Waals surface area contributed by atoms with Crippen LogP contribution in [0.15, 0.2) is 16.6 Å². The third kappa shape index (κ3) is 2.74. The van der Waals surface area contributed by atoms with Crippen molar-refractivity contribution in [3.05, 3.63) is 27.7 Å². The Morgan fingerprint density at radius 3 is 3.00 bits per heavy atom. The molecule has 0 amide bonds. The van der Waals surface area contributed by atoms with E-state index in [1.807, 2.05) is 0 Å². The van der Waals surface area contributed by atoms with E-state index >= 15 is 0 Å². The lowest BCUT2D eigenvalue weighted by Crippen LogP contribution is -2.33. The Morgan fingerprint density at radius 2 is 2.15 bits per heavy atom. The zero-order valence-electron chi connectivity index (χ0n) is 11.7. The van der Waals surface area contributed by atoms with Gasteiger partial charge in [-0.25, -0.2) is 0 Å². The molecule has 1 aromatic carbocycles. The minimum absolute atomic E-state index is 0.698. The van der Waals surface area contributed by atoms with Gasteiger partial charge in [0.15, 0.2) is 0 Å². The van der Waals surface area contributed by atoms with Gasteiger partial charge in [-0.2, -0.15) is 0 Å². The number of benzene rings is 1. The lowest BCUT2D eigenvalue weighted by Gasteiger charge is -2.18. The molecule has 108 valence electrons. The molecule has 20 heavy (non-hydrogen) atoms. The maximum Gasteiger partial charge on any atom is 0.127 e. The molecular formula is C16H21BrN2O. The largest absolute Gasteiger partial charge is 0.493 e. The zero-order valence-corrected chi connectivity index (χ0v) is 13.3. The first kappa shape index (κ1) is 13.1. The van der Waals surface area contributed by atoms with Crippen molar-refractivity contribution in [2.45, 2.75) is 44.3 Å². The topological polar surface area (TPSA) is 24.5 Å². The summed E-state index contributed by atoms with van der Waals surface area (Å²) in [5.41, 5.74) is 2.71. The molecule has 0 radical (unpaired) electrons. The molecule has 1 N–H and O–H groups in total. The second-order valence-corrected chi connectivity index (χ2v) is 7.23. The molecule has 1 saturated heterocycles. The van der Waals surface area contributed by atoms with Gasteiger partial charge in [0, 0.05) is 48.2 Å². The summed E-state index contributed by atoms with van der Waals surface area (Å²) in [5, 5.41) is 3.75. The summed E-state index contributed by atoms with van der Waals surface area (Å²) < 4.78 is 7.02. The number of fused-ring (bicyclic) bond motifs is 1. The predicted octanol–water partition coefficient (Wildman–Crippen LogP) is 2.71. The molecule has 4 heteroatoms. The van der Waals surface area contributed by atoms with Crippen LogP contribution in [0.1, 0.15) is 30.4 Å². The Hall–Kier alpha value is -0.580. The van der Waals surface area contributed by atoms with Gasteiger partial charge in [-0.15, -0.1) is 0 Å². The fourth-order valence-electron chi connectivity index (χ4n) is 3.40. The molecule has 1 atom stereocenters. The number of halogens is 1. The predicted molar refractivity (Wildman–Crippen MR) is 83.2 cm³/mol. The Kier molecular flexibility index (Phi) is 3.49. The van der Waals surface area contributed by atoms with Crippen molar-refractivity contribution in [1.29, 1.82) is 0 Å². The smallest absolute Gasteiger partial charge is 0.127 e. The van der Waals surface area contributed by atoms with Gasteiger partial charge in [0.25, 0.3) is 0 Å². The van der Waals surface area contributed by atoms with Gasteiger partial charge in [-0.3, -0.25) is 4.90 Å². The van der Waals surface area contributed by atoms with Crippen LogP contribution in [0.5, 0.6) is 5.75 Å². The van der Waals surface area contributed by atoms with E-state index in [-0.39, 0.29) is 0 Å². The van der Waals surface area contributed by atoms with Crippen molar-refractivity contribution < 1.29 is 4.74 Å². The summed E-state index contributed by atoms with van der Waals surface area (Å²) in [6, 6.07) is 5.95. The van der Waals surface area contributed by atoms with Crippen molar-refractivity contribution in [2.24, 2.45) is 0 Å². The summed E-state index contributed by atoms with van der Waals surface area (Å²) in [6.07, 6.45) is 5.09. The fourth-order valence-corrected chi connectivity index (χ4v) is 3.95.